The Bertz CT molecular complexity index is 204. The van der Waals surface area contributed by atoms with Gasteiger partial charge in [-0.05, 0) is 11.6 Å². The molecule has 2 nitrogen and oxygen atoms in total. The van der Waals surface area contributed by atoms with E-state index in [2.05, 4.69) is 4.89 Å². The summed E-state index contributed by atoms with van der Waals surface area (Å²) < 4.78 is 0. The number of benzene rings is 1. The summed E-state index contributed by atoms with van der Waals surface area (Å²) >= 11 is 0. The molecule has 1 aromatic rings. The normalized spacial score (nSPS) is 10.1. The highest BCUT2D eigenvalue weighted by Crippen LogP contribution is 1.99. The summed E-state index contributed by atoms with van der Waals surface area (Å²) in [5, 5.41) is 9.52. The molecule has 1 rings (SSSR count). The van der Waals surface area contributed by atoms with Gasteiger partial charge in [0.1, 0.15) is 6.26 Å². The molecule has 51 valence electrons. The molecule has 0 aromatic heterocycles. The number of hydrogen-bond acceptors (Lipinski definition) is 1. The Hall–Kier alpha value is -1.28. The van der Waals surface area contributed by atoms with Gasteiger partial charge in [0.05, 0.1) is 0 Å². The molecule has 1 radical (unpaired) electrons. The van der Waals surface area contributed by atoms with Crippen LogP contribution in [0.3, 0.4) is 0 Å². The van der Waals surface area contributed by atoms with Crippen LogP contribution in [0.2, 0.25) is 0 Å². The molecule has 0 saturated heterocycles. The van der Waals surface area contributed by atoms with Gasteiger partial charge in [-0.3, -0.25) is 0 Å². The first-order valence-electron chi connectivity index (χ1n) is 2.94. The second kappa shape index (κ2) is 3.69. The van der Waals surface area contributed by atoms with E-state index in [-0.39, 0.29) is 0 Å². The van der Waals surface area contributed by atoms with Crippen molar-refractivity contribution in [2.75, 3.05) is 0 Å². The maximum absolute atomic E-state index is 9.52. The molecule has 1 aromatic carbocycles. The first-order valence-corrected chi connectivity index (χ1v) is 2.94. The molecule has 10 heavy (non-hydrogen) atoms. The molecule has 0 N–H and O–H groups in total. The third-order valence-corrected chi connectivity index (χ3v) is 1.12. The molecule has 0 aliphatic heterocycles. The van der Waals surface area contributed by atoms with Gasteiger partial charge in [0.25, 0.3) is 0 Å². The minimum absolute atomic E-state index is 0.957. The monoisotopic (exact) mass is 135 g/mol. The van der Waals surface area contributed by atoms with Crippen LogP contribution < -0.4 is 0 Å². The van der Waals surface area contributed by atoms with Crippen molar-refractivity contribution in [1.82, 2.24) is 0 Å². The highest BCUT2D eigenvalue weighted by atomic mass is 17.1. The average molecular weight is 135 g/mol. The molecule has 0 atom stereocenters. The average Bonchev–Trinajstić information content (AvgIpc) is 2.03. The quantitative estimate of drug-likeness (QED) is 0.346. The van der Waals surface area contributed by atoms with Gasteiger partial charge in [-0.15, -0.1) is 0 Å². The summed E-state index contributed by atoms with van der Waals surface area (Å²) in [6.45, 7) is 0. The van der Waals surface area contributed by atoms with Crippen LogP contribution in [-0.2, 0) is 10.1 Å². The SMILES string of the molecule is [O]OC=Cc1ccccc1. The predicted molar refractivity (Wildman–Crippen MR) is 37.2 cm³/mol. The number of rotatable bonds is 2. The third kappa shape index (κ3) is 1.91. The minimum Gasteiger partial charge on any atom is -0.313 e. The van der Waals surface area contributed by atoms with E-state index < -0.39 is 0 Å². The van der Waals surface area contributed by atoms with Crippen molar-refractivity contribution in [3.05, 3.63) is 42.2 Å². The lowest BCUT2D eigenvalue weighted by Gasteiger charge is -1.87. The van der Waals surface area contributed by atoms with Crippen LogP contribution >= 0.6 is 0 Å². The highest BCUT2D eigenvalue weighted by molar-refractivity contribution is 5.47. The molecule has 0 aliphatic rings. The van der Waals surface area contributed by atoms with Gasteiger partial charge in [0.15, 0.2) is 0 Å². The fraction of sp³-hybridized carbons (Fsp3) is 0. The van der Waals surface area contributed by atoms with Crippen LogP contribution in [0.15, 0.2) is 36.6 Å². The smallest absolute Gasteiger partial charge is 0.133 e. The van der Waals surface area contributed by atoms with E-state index in [9.17, 15) is 5.26 Å². The number of hydrogen-bond donors (Lipinski definition) is 0. The van der Waals surface area contributed by atoms with Crippen LogP contribution in [0.4, 0.5) is 0 Å². The van der Waals surface area contributed by atoms with Crippen molar-refractivity contribution in [1.29, 1.82) is 0 Å². The van der Waals surface area contributed by atoms with Crippen molar-refractivity contribution in [3.63, 3.8) is 0 Å². The maximum Gasteiger partial charge on any atom is 0.133 e. The van der Waals surface area contributed by atoms with E-state index >= 15 is 0 Å². The van der Waals surface area contributed by atoms with Gasteiger partial charge >= 0.3 is 0 Å². The molecular formula is C8H7O2. The first kappa shape index (κ1) is 6.83. The molecular weight excluding hydrogens is 128 g/mol. The predicted octanol–water partition coefficient (Wildman–Crippen LogP) is 2.02. The molecule has 0 unspecified atom stereocenters. The van der Waals surface area contributed by atoms with Gasteiger partial charge in [-0.1, -0.05) is 30.3 Å². The molecule has 0 saturated carbocycles. The zero-order chi connectivity index (χ0) is 7.23. The summed E-state index contributed by atoms with van der Waals surface area (Å²) in [5.41, 5.74) is 0.957. The van der Waals surface area contributed by atoms with Crippen molar-refractivity contribution in [2.24, 2.45) is 0 Å². The van der Waals surface area contributed by atoms with Crippen LogP contribution in [0.1, 0.15) is 5.56 Å². The lowest BCUT2D eigenvalue weighted by atomic mass is 10.2. The molecule has 0 spiro atoms. The molecule has 0 fully saturated rings. The van der Waals surface area contributed by atoms with E-state index in [0.717, 1.165) is 11.8 Å². The standard InChI is InChI=1S/C8H7O2/c9-10-7-6-8-4-2-1-3-5-8/h1-7H. The van der Waals surface area contributed by atoms with Gasteiger partial charge in [0, 0.05) is 5.26 Å². The van der Waals surface area contributed by atoms with Crippen LogP contribution in [0, 0.1) is 0 Å². The van der Waals surface area contributed by atoms with Crippen LogP contribution in [0.5, 0.6) is 0 Å². The van der Waals surface area contributed by atoms with Crippen LogP contribution in [-0.4, -0.2) is 0 Å². The Balaban J connectivity index is 2.67. The topological polar surface area (TPSA) is 29.1 Å². The first-order chi connectivity index (χ1) is 4.93. The van der Waals surface area contributed by atoms with E-state index in [0.29, 0.717) is 0 Å². The third-order valence-electron chi connectivity index (χ3n) is 1.12. The van der Waals surface area contributed by atoms with Crippen molar-refractivity contribution < 1.29 is 10.1 Å². The Kier molecular flexibility index (Phi) is 2.52. The summed E-state index contributed by atoms with van der Waals surface area (Å²) in [5.74, 6) is 0. The Morgan fingerprint density at radius 3 is 2.50 bits per heavy atom. The zero-order valence-electron chi connectivity index (χ0n) is 5.36. The lowest BCUT2D eigenvalue weighted by Crippen LogP contribution is -1.68. The summed E-state index contributed by atoms with van der Waals surface area (Å²) in [7, 11) is 0. The second-order valence-corrected chi connectivity index (χ2v) is 1.81. The highest BCUT2D eigenvalue weighted by Gasteiger charge is 1.80. The minimum atomic E-state index is 0.957. The van der Waals surface area contributed by atoms with E-state index in [4.69, 9.17) is 0 Å². The van der Waals surface area contributed by atoms with Crippen molar-refractivity contribution in [2.45, 2.75) is 0 Å². The van der Waals surface area contributed by atoms with Crippen molar-refractivity contribution in [3.8, 4) is 0 Å². The largest absolute Gasteiger partial charge is 0.313 e. The van der Waals surface area contributed by atoms with Crippen LogP contribution in [0.25, 0.3) is 6.08 Å². The maximum atomic E-state index is 9.52. The van der Waals surface area contributed by atoms with Crippen molar-refractivity contribution >= 4 is 6.08 Å². The molecule has 0 heterocycles. The molecule has 0 bridgehead atoms. The summed E-state index contributed by atoms with van der Waals surface area (Å²) in [6.07, 6.45) is 2.71. The fourth-order valence-corrected chi connectivity index (χ4v) is 0.670. The Labute approximate surface area is 59.3 Å². The second-order valence-electron chi connectivity index (χ2n) is 1.81. The van der Waals surface area contributed by atoms with Gasteiger partial charge < -0.3 is 4.89 Å². The van der Waals surface area contributed by atoms with Gasteiger partial charge in [-0.25, -0.2) is 0 Å². The van der Waals surface area contributed by atoms with E-state index in [1.54, 1.807) is 6.08 Å². The Morgan fingerprint density at radius 1 is 1.20 bits per heavy atom. The Morgan fingerprint density at radius 2 is 1.90 bits per heavy atom. The molecule has 0 amide bonds. The fourth-order valence-electron chi connectivity index (χ4n) is 0.670. The molecule has 0 aliphatic carbocycles. The summed E-state index contributed by atoms with van der Waals surface area (Å²) in [4.78, 5) is 3.52. The molecule has 2 heteroatoms. The van der Waals surface area contributed by atoms with Gasteiger partial charge in [0.2, 0.25) is 0 Å². The lowest BCUT2D eigenvalue weighted by molar-refractivity contribution is -0.253. The summed E-state index contributed by atoms with van der Waals surface area (Å²) in [6, 6.07) is 9.47. The van der Waals surface area contributed by atoms with E-state index in [1.807, 2.05) is 30.3 Å². The van der Waals surface area contributed by atoms with Gasteiger partial charge in [-0.2, -0.15) is 0 Å². The zero-order valence-corrected chi connectivity index (χ0v) is 5.36. The van der Waals surface area contributed by atoms with E-state index in [1.165, 1.54) is 0 Å².